The summed E-state index contributed by atoms with van der Waals surface area (Å²) >= 11 is 0. The van der Waals surface area contributed by atoms with Crippen molar-refractivity contribution < 1.29 is 13.2 Å². The van der Waals surface area contributed by atoms with E-state index in [0.717, 1.165) is 17.5 Å². The van der Waals surface area contributed by atoms with Gasteiger partial charge in [-0.1, -0.05) is 31.2 Å². The SMILES string of the molecule is CCC1CN(S(=O)(=O)Cc2ccc(CN)cc2)CCO1. The van der Waals surface area contributed by atoms with E-state index in [1.807, 2.05) is 31.2 Å². The molecule has 1 aliphatic rings. The summed E-state index contributed by atoms with van der Waals surface area (Å²) < 4.78 is 31.9. The molecule has 0 aromatic heterocycles. The Hall–Kier alpha value is -0.950. The Morgan fingerprint density at radius 1 is 1.30 bits per heavy atom. The molecule has 1 saturated heterocycles. The van der Waals surface area contributed by atoms with Crippen LogP contribution >= 0.6 is 0 Å². The molecule has 1 aliphatic heterocycles. The zero-order valence-corrected chi connectivity index (χ0v) is 12.6. The molecule has 2 rings (SSSR count). The third-order valence-corrected chi connectivity index (χ3v) is 5.37. The second-order valence-electron chi connectivity index (χ2n) is 5.04. The van der Waals surface area contributed by atoms with Crippen molar-refractivity contribution in [1.29, 1.82) is 0 Å². The molecular weight excluding hydrogens is 276 g/mol. The molecule has 1 fully saturated rings. The molecule has 1 aromatic rings. The van der Waals surface area contributed by atoms with Gasteiger partial charge in [0.25, 0.3) is 0 Å². The second kappa shape index (κ2) is 6.67. The highest BCUT2D eigenvalue weighted by molar-refractivity contribution is 7.88. The molecule has 0 bridgehead atoms. The fraction of sp³-hybridized carbons (Fsp3) is 0.571. The molecular formula is C14H22N2O3S. The summed E-state index contributed by atoms with van der Waals surface area (Å²) in [6.07, 6.45) is 0.843. The third-order valence-electron chi connectivity index (χ3n) is 3.56. The predicted molar refractivity (Wildman–Crippen MR) is 78.6 cm³/mol. The van der Waals surface area contributed by atoms with Crippen LogP contribution in [0.15, 0.2) is 24.3 Å². The largest absolute Gasteiger partial charge is 0.375 e. The molecule has 2 N–H and O–H groups in total. The number of hydrogen-bond donors (Lipinski definition) is 1. The Balaban J connectivity index is 2.05. The van der Waals surface area contributed by atoms with Crippen molar-refractivity contribution in [2.75, 3.05) is 19.7 Å². The van der Waals surface area contributed by atoms with E-state index in [-0.39, 0.29) is 11.9 Å². The highest BCUT2D eigenvalue weighted by Gasteiger charge is 2.28. The lowest BCUT2D eigenvalue weighted by molar-refractivity contribution is -0.00282. The van der Waals surface area contributed by atoms with Crippen molar-refractivity contribution in [2.24, 2.45) is 5.73 Å². The molecule has 0 aliphatic carbocycles. The number of benzene rings is 1. The molecule has 0 amide bonds. The monoisotopic (exact) mass is 298 g/mol. The van der Waals surface area contributed by atoms with Crippen molar-refractivity contribution in [3.63, 3.8) is 0 Å². The minimum Gasteiger partial charge on any atom is -0.375 e. The van der Waals surface area contributed by atoms with Gasteiger partial charge < -0.3 is 10.5 Å². The zero-order valence-electron chi connectivity index (χ0n) is 11.8. The Kier molecular flexibility index (Phi) is 5.15. The summed E-state index contributed by atoms with van der Waals surface area (Å²) in [6, 6.07) is 7.41. The molecule has 20 heavy (non-hydrogen) atoms. The summed E-state index contributed by atoms with van der Waals surface area (Å²) in [5.74, 6) is 0.0360. The van der Waals surface area contributed by atoms with Gasteiger partial charge in [-0.3, -0.25) is 0 Å². The van der Waals surface area contributed by atoms with Crippen LogP contribution in [0, 0.1) is 0 Å². The first-order chi connectivity index (χ1) is 9.55. The molecule has 1 atom stereocenters. The van der Waals surface area contributed by atoms with Gasteiger partial charge in [0.1, 0.15) is 0 Å². The number of rotatable bonds is 5. The van der Waals surface area contributed by atoms with Crippen molar-refractivity contribution in [1.82, 2.24) is 4.31 Å². The Morgan fingerprint density at radius 3 is 2.55 bits per heavy atom. The number of nitrogens with zero attached hydrogens (tertiary/aromatic N) is 1. The lowest BCUT2D eigenvalue weighted by Gasteiger charge is -2.31. The van der Waals surface area contributed by atoms with Crippen molar-refractivity contribution in [2.45, 2.75) is 31.7 Å². The van der Waals surface area contributed by atoms with E-state index in [4.69, 9.17) is 10.5 Å². The Morgan fingerprint density at radius 2 is 1.95 bits per heavy atom. The fourth-order valence-electron chi connectivity index (χ4n) is 2.27. The molecule has 112 valence electrons. The third kappa shape index (κ3) is 3.79. The second-order valence-corrected chi connectivity index (χ2v) is 7.00. The van der Waals surface area contributed by atoms with Crippen LogP contribution in [0.3, 0.4) is 0 Å². The van der Waals surface area contributed by atoms with Gasteiger partial charge >= 0.3 is 0 Å². The van der Waals surface area contributed by atoms with Crippen molar-refractivity contribution in [3.05, 3.63) is 35.4 Å². The molecule has 1 aromatic carbocycles. The van der Waals surface area contributed by atoms with Crippen LogP contribution < -0.4 is 5.73 Å². The average Bonchev–Trinajstić information content (AvgIpc) is 2.48. The van der Waals surface area contributed by atoms with E-state index in [2.05, 4.69) is 0 Å². The van der Waals surface area contributed by atoms with Crippen molar-refractivity contribution >= 4 is 10.0 Å². The average molecular weight is 298 g/mol. The molecule has 0 spiro atoms. The molecule has 1 heterocycles. The number of hydrogen-bond acceptors (Lipinski definition) is 4. The van der Waals surface area contributed by atoms with Crippen LogP contribution in [-0.2, 0) is 27.1 Å². The van der Waals surface area contributed by atoms with E-state index >= 15 is 0 Å². The van der Waals surface area contributed by atoms with Crippen LogP contribution in [0.1, 0.15) is 24.5 Å². The number of sulfonamides is 1. The van der Waals surface area contributed by atoms with E-state index in [1.165, 1.54) is 0 Å². The maximum Gasteiger partial charge on any atom is 0.218 e. The lowest BCUT2D eigenvalue weighted by Crippen LogP contribution is -2.45. The van der Waals surface area contributed by atoms with Crippen LogP contribution in [0.25, 0.3) is 0 Å². The summed E-state index contributed by atoms with van der Waals surface area (Å²) in [4.78, 5) is 0. The Labute approximate surface area is 120 Å². The van der Waals surface area contributed by atoms with Gasteiger partial charge in [0.05, 0.1) is 18.5 Å². The topological polar surface area (TPSA) is 72.6 Å². The maximum absolute atomic E-state index is 12.4. The number of morpholine rings is 1. The quantitative estimate of drug-likeness (QED) is 0.883. The maximum atomic E-state index is 12.4. The van der Waals surface area contributed by atoms with Crippen LogP contribution in [0.4, 0.5) is 0 Å². The van der Waals surface area contributed by atoms with Crippen LogP contribution in [-0.4, -0.2) is 38.5 Å². The first kappa shape index (κ1) is 15.4. The van der Waals surface area contributed by atoms with Gasteiger partial charge in [0, 0.05) is 19.6 Å². The normalized spacial score (nSPS) is 21.0. The lowest BCUT2D eigenvalue weighted by atomic mass is 10.1. The summed E-state index contributed by atoms with van der Waals surface area (Å²) in [5.41, 5.74) is 7.33. The summed E-state index contributed by atoms with van der Waals surface area (Å²) in [6.45, 7) is 3.85. The fourth-order valence-corrected chi connectivity index (χ4v) is 3.81. The van der Waals surface area contributed by atoms with Gasteiger partial charge in [-0.15, -0.1) is 0 Å². The van der Waals surface area contributed by atoms with Gasteiger partial charge in [-0.25, -0.2) is 8.42 Å². The van der Waals surface area contributed by atoms with E-state index in [1.54, 1.807) is 4.31 Å². The smallest absolute Gasteiger partial charge is 0.218 e. The molecule has 0 radical (unpaired) electrons. The van der Waals surface area contributed by atoms with Gasteiger partial charge in [0.15, 0.2) is 0 Å². The van der Waals surface area contributed by atoms with Crippen LogP contribution in [0.2, 0.25) is 0 Å². The standard InChI is InChI=1S/C14H22N2O3S/c1-2-14-10-16(7-8-19-14)20(17,18)11-13-5-3-12(9-15)4-6-13/h3-6,14H,2,7-11,15H2,1H3. The van der Waals surface area contributed by atoms with Crippen LogP contribution in [0.5, 0.6) is 0 Å². The Bertz CT molecular complexity index is 528. The molecule has 0 saturated carbocycles. The highest BCUT2D eigenvalue weighted by atomic mass is 32.2. The highest BCUT2D eigenvalue weighted by Crippen LogP contribution is 2.16. The molecule has 5 nitrogen and oxygen atoms in total. The molecule has 6 heteroatoms. The summed E-state index contributed by atoms with van der Waals surface area (Å²) in [5, 5.41) is 0. The molecule has 1 unspecified atom stereocenters. The van der Waals surface area contributed by atoms with E-state index in [0.29, 0.717) is 26.2 Å². The van der Waals surface area contributed by atoms with Gasteiger partial charge in [-0.2, -0.15) is 4.31 Å². The van der Waals surface area contributed by atoms with E-state index in [9.17, 15) is 8.42 Å². The first-order valence-corrected chi connectivity index (χ1v) is 8.53. The summed E-state index contributed by atoms with van der Waals surface area (Å²) in [7, 11) is -3.28. The van der Waals surface area contributed by atoms with Crippen molar-refractivity contribution in [3.8, 4) is 0 Å². The number of nitrogens with two attached hydrogens (primary N) is 1. The van der Waals surface area contributed by atoms with Gasteiger partial charge in [0.2, 0.25) is 10.0 Å². The first-order valence-electron chi connectivity index (χ1n) is 6.92. The minimum absolute atomic E-state index is 0.0122. The zero-order chi connectivity index (χ0) is 14.6. The predicted octanol–water partition coefficient (Wildman–Crippen LogP) is 1.09. The number of ether oxygens (including phenoxy) is 1. The van der Waals surface area contributed by atoms with Gasteiger partial charge in [-0.05, 0) is 17.5 Å². The minimum atomic E-state index is -3.28. The van der Waals surface area contributed by atoms with E-state index < -0.39 is 10.0 Å².